The zero-order valence-electron chi connectivity index (χ0n) is 27.4. The van der Waals surface area contributed by atoms with Gasteiger partial charge >= 0.3 is 0 Å². The number of carbonyl (C=O) groups is 2. The summed E-state index contributed by atoms with van der Waals surface area (Å²) in [4.78, 5) is 24.9. The van der Waals surface area contributed by atoms with Gasteiger partial charge in [-0.15, -0.1) is 0 Å². The average molecular weight is 607 g/mol. The fourth-order valence-electron chi connectivity index (χ4n) is 4.75. The smallest absolute Gasteiger partial charge is 0.262 e. The Morgan fingerprint density at radius 2 is 0.867 bits per heavy atom. The van der Waals surface area contributed by atoms with Crippen LogP contribution in [-0.2, 0) is 26.8 Å². The minimum atomic E-state index is -0.210. The van der Waals surface area contributed by atoms with E-state index in [0.717, 1.165) is 30.4 Å². The summed E-state index contributed by atoms with van der Waals surface area (Å²) in [5, 5.41) is 5.78. The molecule has 0 atom stereocenters. The summed E-state index contributed by atoms with van der Waals surface area (Å²) in [5.74, 6) is 0.926. The van der Waals surface area contributed by atoms with Crippen molar-refractivity contribution in [1.82, 2.24) is 0 Å². The number of hydrogen-bond donors (Lipinski definition) is 2. The number of ether oxygens (including phenoxy) is 2. The van der Waals surface area contributed by atoms with Gasteiger partial charge in [-0.3, -0.25) is 9.59 Å². The Hall–Kier alpha value is -4.58. The molecule has 6 heteroatoms. The van der Waals surface area contributed by atoms with E-state index < -0.39 is 0 Å². The molecule has 6 nitrogen and oxygen atoms in total. The Morgan fingerprint density at radius 1 is 0.533 bits per heavy atom. The maximum atomic E-state index is 12.4. The van der Waals surface area contributed by atoms with Crippen molar-refractivity contribution in [2.24, 2.45) is 0 Å². The van der Waals surface area contributed by atoms with Crippen LogP contribution in [0.1, 0.15) is 76.6 Å². The van der Waals surface area contributed by atoms with Gasteiger partial charge in [0.25, 0.3) is 11.8 Å². The highest BCUT2D eigenvalue weighted by Gasteiger charge is 2.18. The van der Waals surface area contributed by atoms with Crippen molar-refractivity contribution in [1.29, 1.82) is 0 Å². The number of rotatable bonds is 14. The van der Waals surface area contributed by atoms with Crippen molar-refractivity contribution in [3.63, 3.8) is 0 Å². The standard InChI is InChI=1S/C39H46N2O4/c1-7-38(3,4)30-13-21-34(22-14-30)44-26-36(42)40-32-17-9-28(10-18-32)25-29-11-19-33(20-12-29)41-37(43)27-45-35-23-15-31(16-24-35)39(5,6)8-2/h9-24H,7-8,25-27H2,1-6H3,(H,40,42)(H,41,43). The quantitative estimate of drug-likeness (QED) is 0.151. The summed E-state index contributed by atoms with van der Waals surface area (Å²) < 4.78 is 11.4. The van der Waals surface area contributed by atoms with Gasteiger partial charge in [0.2, 0.25) is 0 Å². The monoisotopic (exact) mass is 606 g/mol. The van der Waals surface area contributed by atoms with E-state index in [4.69, 9.17) is 9.47 Å². The lowest BCUT2D eigenvalue weighted by molar-refractivity contribution is -0.118. The Morgan fingerprint density at radius 3 is 1.18 bits per heavy atom. The first-order chi connectivity index (χ1) is 21.5. The molecule has 0 aromatic heterocycles. The van der Waals surface area contributed by atoms with Crippen LogP contribution in [0.3, 0.4) is 0 Å². The molecule has 0 unspecified atom stereocenters. The summed E-state index contributed by atoms with van der Waals surface area (Å²) in [7, 11) is 0. The van der Waals surface area contributed by atoms with Gasteiger partial charge in [0.15, 0.2) is 13.2 Å². The van der Waals surface area contributed by atoms with E-state index in [0.29, 0.717) is 22.9 Å². The molecular weight excluding hydrogens is 560 g/mol. The summed E-state index contributed by atoms with van der Waals surface area (Å²) >= 11 is 0. The Labute approximate surface area is 268 Å². The highest BCUT2D eigenvalue weighted by molar-refractivity contribution is 5.92. The molecule has 0 aliphatic rings. The third kappa shape index (κ3) is 9.70. The summed E-state index contributed by atoms with van der Waals surface area (Å²) in [6, 6.07) is 31.4. The van der Waals surface area contributed by atoms with Crippen LogP contribution in [0.15, 0.2) is 97.1 Å². The summed E-state index contributed by atoms with van der Waals surface area (Å²) in [6.45, 7) is 13.1. The third-order valence-corrected chi connectivity index (χ3v) is 8.66. The molecule has 0 radical (unpaired) electrons. The van der Waals surface area contributed by atoms with E-state index in [1.807, 2.05) is 72.8 Å². The van der Waals surface area contributed by atoms with Crippen LogP contribution in [-0.4, -0.2) is 25.0 Å². The second-order valence-corrected chi connectivity index (χ2v) is 12.8. The van der Waals surface area contributed by atoms with Crippen molar-refractivity contribution in [2.45, 2.75) is 71.6 Å². The fraction of sp³-hybridized carbons (Fsp3) is 0.333. The van der Waals surface area contributed by atoms with Gasteiger partial charge in [-0.25, -0.2) is 0 Å². The first-order valence-electron chi connectivity index (χ1n) is 15.7. The molecule has 4 aromatic carbocycles. The van der Waals surface area contributed by atoms with E-state index in [2.05, 4.69) is 76.4 Å². The molecule has 4 aromatic rings. The Kier molecular flexibility index (Phi) is 11.1. The lowest BCUT2D eigenvalue weighted by Gasteiger charge is -2.23. The zero-order chi connectivity index (χ0) is 32.5. The maximum Gasteiger partial charge on any atom is 0.262 e. The van der Waals surface area contributed by atoms with Gasteiger partial charge in [0.05, 0.1) is 0 Å². The molecule has 2 N–H and O–H groups in total. The molecule has 0 heterocycles. The highest BCUT2D eigenvalue weighted by Crippen LogP contribution is 2.29. The minimum Gasteiger partial charge on any atom is -0.484 e. The summed E-state index contributed by atoms with van der Waals surface area (Å²) in [5.41, 5.74) is 6.37. The summed E-state index contributed by atoms with van der Waals surface area (Å²) in [6.07, 6.45) is 2.82. The van der Waals surface area contributed by atoms with E-state index >= 15 is 0 Å². The zero-order valence-corrected chi connectivity index (χ0v) is 27.4. The third-order valence-electron chi connectivity index (χ3n) is 8.66. The van der Waals surface area contributed by atoms with Crippen molar-refractivity contribution < 1.29 is 19.1 Å². The molecule has 236 valence electrons. The van der Waals surface area contributed by atoms with E-state index in [-0.39, 0.29) is 35.9 Å². The number of anilines is 2. The second-order valence-electron chi connectivity index (χ2n) is 12.8. The minimum absolute atomic E-state index is 0.0576. The molecular formula is C39H46N2O4. The van der Waals surface area contributed by atoms with Crippen LogP contribution < -0.4 is 20.1 Å². The van der Waals surface area contributed by atoms with E-state index in [1.54, 1.807) is 0 Å². The van der Waals surface area contributed by atoms with Crippen molar-refractivity contribution >= 4 is 23.2 Å². The van der Waals surface area contributed by atoms with Gasteiger partial charge in [0, 0.05) is 11.4 Å². The molecule has 0 spiro atoms. The van der Waals surface area contributed by atoms with Crippen LogP contribution in [0.25, 0.3) is 0 Å². The first-order valence-corrected chi connectivity index (χ1v) is 15.7. The van der Waals surface area contributed by atoms with Crippen molar-refractivity contribution in [3.8, 4) is 11.5 Å². The van der Waals surface area contributed by atoms with Gasteiger partial charge < -0.3 is 20.1 Å². The maximum absolute atomic E-state index is 12.4. The van der Waals surface area contributed by atoms with Crippen molar-refractivity contribution in [3.05, 3.63) is 119 Å². The largest absolute Gasteiger partial charge is 0.484 e. The van der Waals surface area contributed by atoms with E-state index in [1.165, 1.54) is 11.1 Å². The highest BCUT2D eigenvalue weighted by atomic mass is 16.5. The predicted octanol–water partition coefficient (Wildman–Crippen LogP) is 8.69. The number of amides is 2. The van der Waals surface area contributed by atoms with Crippen molar-refractivity contribution in [2.75, 3.05) is 23.8 Å². The van der Waals surface area contributed by atoms with Crippen LogP contribution in [0, 0.1) is 0 Å². The van der Waals surface area contributed by atoms with Gasteiger partial charge in [-0.1, -0.05) is 90.1 Å². The molecule has 0 fully saturated rings. The Balaban J connectivity index is 1.19. The molecule has 45 heavy (non-hydrogen) atoms. The lowest BCUT2D eigenvalue weighted by atomic mass is 9.82. The SMILES string of the molecule is CCC(C)(C)c1ccc(OCC(=O)Nc2ccc(Cc3ccc(NC(=O)COc4ccc(C(C)(C)CC)cc4)cc3)cc2)cc1. The number of carbonyl (C=O) groups excluding carboxylic acids is 2. The molecule has 4 rings (SSSR count). The fourth-order valence-corrected chi connectivity index (χ4v) is 4.75. The molecule has 0 aliphatic carbocycles. The Bertz CT molecular complexity index is 1420. The molecule has 0 bridgehead atoms. The number of hydrogen-bond acceptors (Lipinski definition) is 4. The second kappa shape index (κ2) is 14.9. The lowest BCUT2D eigenvalue weighted by Crippen LogP contribution is -2.20. The normalized spacial score (nSPS) is 11.5. The topological polar surface area (TPSA) is 76.7 Å². The van der Waals surface area contributed by atoms with Gasteiger partial charge in [0.1, 0.15) is 11.5 Å². The first kappa shape index (κ1) is 33.3. The van der Waals surface area contributed by atoms with Crippen LogP contribution >= 0.6 is 0 Å². The van der Waals surface area contributed by atoms with Crippen LogP contribution in [0.2, 0.25) is 0 Å². The predicted molar refractivity (Wildman–Crippen MR) is 183 cm³/mol. The molecule has 0 saturated heterocycles. The van der Waals surface area contributed by atoms with E-state index in [9.17, 15) is 9.59 Å². The van der Waals surface area contributed by atoms with Crippen LogP contribution in [0.4, 0.5) is 11.4 Å². The van der Waals surface area contributed by atoms with Crippen LogP contribution in [0.5, 0.6) is 11.5 Å². The van der Waals surface area contributed by atoms with Gasteiger partial charge in [-0.05, 0) is 101 Å². The number of nitrogens with one attached hydrogen (secondary N) is 2. The number of benzene rings is 4. The average Bonchev–Trinajstić information content (AvgIpc) is 3.05. The molecule has 0 aliphatic heterocycles. The molecule has 2 amide bonds. The molecule has 0 saturated carbocycles. The van der Waals surface area contributed by atoms with Gasteiger partial charge in [-0.2, -0.15) is 0 Å².